The molecule has 6 nitrogen and oxygen atoms in total. The molecule has 0 unspecified atom stereocenters. The molecular weight excluding hydrogens is 342 g/mol. The van der Waals surface area contributed by atoms with Gasteiger partial charge in [-0.15, -0.1) is 0 Å². The van der Waals surface area contributed by atoms with Crippen LogP contribution in [0.15, 0.2) is 48.5 Å². The van der Waals surface area contributed by atoms with Crippen LogP contribution in [-0.2, 0) is 11.3 Å². The second kappa shape index (κ2) is 9.09. The average molecular weight is 367 g/mol. The maximum atomic E-state index is 12.5. The van der Waals surface area contributed by atoms with Crippen LogP contribution in [0.3, 0.4) is 0 Å². The standard InChI is InChI=1S/C21H25N3O3/c1-14(20(26)23-19-11-9-17(10-12-19)15(2)25)24(4)13-16-5-7-18(8-6-16)21(27)22-3/h5-12,14H,13H2,1-4H3,(H,22,27)(H,23,26)/t14-/m0/s1. The second-order valence-corrected chi connectivity index (χ2v) is 6.49. The Morgan fingerprint density at radius 2 is 1.52 bits per heavy atom. The Kier molecular flexibility index (Phi) is 6.85. The largest absolute Gasteiger partial charge is 0.355 e. The van der Waals surface area contributed by atoms with Gasteiger partial charge in [-0.25, -0.2) is 0 Å². The normalized spacial score (nSPS) is 11.7. The quantitative estimate of drug-likeness (QED) is 0.738. The van der Waals surface area contributed by atoms with Crippen molar-refractivity contribution >= 4 is 23.3 Å². The van der Waals surface area contributed by atoms with Crippen molar-refractivity contribution in [2.75, 3.05) is 19.4 Å². The van der Waals surface area contributed by atoms with E-state index in [9.17, 15) is 14.4 Å². The number of nitrogens with one attached hydrogen (secondary N) is 2. The highest BCUT2D eigenvalue weighted by Crippen LogP contribution is 2.13. The molecule has 0 aliphatic carbocycles. The first-order valence-corrected chi connectivity index (χ1v) is 8.75. The van der Waals surface area contributed by atoms with Gasteiger partial charge in [0.1, 0.15) is 0 Å². The SMILES string of the molecule is CNC(=O)c1ccc(CN(C)[C@@H](C)C(=O)Nc2ccc(C(C)=O)cc2)cc1. The van der Waals surface area contributed by atoms with Crippen molar-refractivity contribution in [3.05, 3.63) is 65.2 Å². The monoisotopic (exact) mass is 367 g/mol. The lowest BCUT2D eigenvalue weighted by molar-refractivity contribution is -0.120. The third-order valence-electron chi connectivity index (χ3n) is 4.47. The van der Waals surface area contributed by atoms with Crippen molar-refractivity contribution in [1.82, 2.24) is 10.2 Å². The summed E-state index contributed by atoms with van der Waals surface area (Å²) in [4.78, 5) is 37.3. The number of benzene rings is 2. The van der Waals surface area contributed by atoms with E-state index in [-0.39, 0.29) is 23.6 Å². The van der Waals surface area contributed by atoms with Crippen LogP contribution in [0.4, 0.5) is 5.69 Å². The van der Waals surface area contributed by atoms with Gasteiger partial charge in [0.25, 0.3) is 5.91 Å². The third kappa shape index (κ3) is 5.49. The molecular formula is C21H25N3O3. The molecule has 142 valence electrons. The minimum absolute atomic E-state index is 0.0107. The summed E-state index contributed by atoms with van der Waals surface area (Å²) in [7, 11) is 3.47. The minimum Gasteiger partial charge on any atom is -0.355 e. The molecule has 6 heteroatoms. The fourth-order valence-electron chi connectivity index (χ4n) is 2.57. The highest BCUT2D eigenvalue weighted by atomic mass is 16.2. The van der Waals surface area contributed by atoms with E-state index in [4.69, 9.17) is 0 Å². The van der Waals surface area contributed by atoms with E-state index in [1.54, 1.807) is 43.4 Å². The fourth-order valence-corrected chi connectivity index (χ4v) is 2.57. The molecule has 2 N–H and O–H groups in total. The van der Waals surface area contributed by atoms with E-state index >= 15 is 0 Å². The lowest BCUT2D eigenvalue weighted by Crippen LogP contribution is -2.39. The molecule has 0 saturated heterocycles. The number of hydrogen-bond donors (Lipinski definition) is 2. The maximum absolute atomic E-state index is 12.5. The van der Waals surface area contributed by atoms with Crippen molar-refractivity contribution < 1.29 is 14.4 Å². The topological polar surface area (TPSA) is 78.5 Å². The molecule has 0 fully saturated rings. The fraction of sp³-hybridized carbons (Fsp3) is 0.286. The Morgan fingerprint density at radius 3 is 2.04 bits per heavy atom. The molecule has 2 aromatic rings. The number of ketones is 1. The molecule has 0 bridgehead atoms. The minimum atomic E-state index is -0.351. The summed E-state index contributed by atoms with van der Waals surface area (Å²) in [6, 6.07) is 13.8. The van der Waals surface area contributed by atoms with Crippen LogP contribution in [0, 0.1) is 0 Å². The van der Waals surface area contributed by atoms with Gasteiger partial charge in [0.2, 0.25) is 5.91 Å². The van der Waals surface area contributed by atoms with Gasteiger partial charge in [0.15, 0.2) is 5.78 Å². The first-order chi connectivity index (χ1) is 12.8. The third-order valence-corrected chi connectivity index (χ3v) is 4.47. The zero-order valence-electron chi connectivity index (χ0n) is 16.1. The first-order valence-electron chi connectivity index (χ1n) is 8.75. The van der Waals surface area contributed by atoms with Gasteiger partial charge >= 0.3 is 0 Å². The van der Waals surface area contributed by atoms with Crippen LogP contribution in [0.1, 0.15) is 40.1 Å². The van der Waals surface area contributed by atoms with E-state index in [1.165, 1.54) is 6.92 Å². The molecule has 2 aromatic carbocycles. The predicted octanol–water partition coefficient (Wildman–Crippen LogP) is 2.71. The van der Waals surface area contributed by atoms with Gasteiger partial charge < -0.3 is 10.6 Å². The van der Waals surface area contributed by atoms with Gasteiger partial charge in [0.05, 0.1) is 6.04 Å². The van der Waals surface area contributed by atoms with E-state index in [0.717, 1.165) is 5.56 Å². The molecule has 1 atom stereocenters. The van der Waals surface area contributed by atoms with Crippen molar-refractivity contribution in [2.45, 2.75) is 26.4 Å². The summed E-state index contributed by atoms with van der Waals surface area (Å²) >= 11 is 0. The summed E-state index contributed by atoms with van der Waals surface area (Å²) in [5.41, 5.74) is 2.87. The Morgan fingerprint density at radius 1 is 0.963 bits per heavy atom. The summed E-state index contributed by atoms with van der Waals surface area (Å²) in [6.07, 6.45) is 0. The van der Waals surface area contributed by atoms with Crippen LogP contribution in [-0.4, -0.2) is 42.6 Å². The zero-order valence-corrected chi connectivity index (χ0v) is 16.1. The predicted molar refractivity (Wildman–Crippen MR) is 106 cm³/mol. The van der Waals surface area contributed by atoms with Gasteiger partial charge in [0, 0.05) is 30.4 Å². The number of carbonyl (C=O) groups is 3. The summed E-state index contributed by atoms with van der Waals surface area (Å²) in [5, 5.41) is 5.45. The van der Waals surface area contributed by atoms with Gasteiger partial charge in [-0.05, 0) is 62.9 Å². The van der Waals surface area contributed by atoms with Crippen molar-refractivity contribution in [2.24, 2.45) is 0 Å². The first kappa shape index (κ1) is 20.3. The van der Waals surface area contributed by atoms with Gasteiger partial charge in [-0.2, -0.15) is 0 Å². The Balaban J connectivity index is 1.95. The number of likely N-dealkylation sites (N-methyl/N-ethyl adjacent to an activating group) is 1. The van der Waals surface area contributed by atoms with Crippen LogP contribution >= 0.6 is 0 Å². The number of Topliss-reactive ketones (excluding diaryl/α,β-unsaturated/α-hetero) is 1. The molecule has 2 rings (SSSR count). The van der Waals surface area contributed by atoms with Crippen LogP contribution in [0.25, 0.3) is 0 Å². The van der Waals surface area contributed by atoms with Crippen molar-refractivity contribution in [3.63, 3.8) is 0 Å². The van der Waals surface area contributed by atoms with E-state index in [1.807, 2.05) is 31.0 Å². The summed E-state index contributed by atoms with van der Waals surface area (Å²) in [6.45, 7) is 3.91. The summed E-state index contributed by atoms with van der Waals surface area (Å²) < 4.78 is 0. The highest BCUT2D eigenvalue weighted by Gasteiger charge is 2.18. The molecule has 0 aliphatic rings. The smallest absolute Gasteiger partial charge is 0.251 e. The molecule has 0 heterocycles. The molecule has 0 spiro atoms. The Hall–Kier alpha value is -2.99. The van der Waals surface area contributed by atoms with Gasteiger partial charge in [-0.3, -0.25) is 19.3 Å². The van der Waals surface area contributed by atoms with Crippen LogP contribution in [0.2, 0.25) is 0 Å². The van der Waals surface area contributed by atoms with E-state index in [0.29, 0.717) is 23.4 Å². The number of nitrogens with zero attached hydrogens (tertiary/aromatic N) is 1. The molecule has 0 aliphatic heterocycles. The van der Waals surface area contributed by atoms with Crippen LogP contribution in [0.5, 0.6) is 0 Å². The second-order valence-electron chi connectivity index (χ2n) is 6.49. The highest BCUT2D eigenvalue weighted by molar-refractivity contribution is 5.97. The van der Waals surface area contributed by atoms with Gasteiger partial charge in [-0.1, -0.05) is 12.1 Å². The molecule has 0 aromatic heterocycles. The molecule has 27 heavy (non-hydrogen) atoms. The number of amides is 2. The van der Waals surface area contributed by atoms with Crippen molar-refractivity contribution in [3.8, 4) is 0 Å². The maximum Gasteiger partial charge on any atom is 0.251 e. The van der Waals surface area contributed by atoms with Crippen molar-refractivity contribution in [1.29, 1.82) is 0 Å². The number of anilines is 1. The average Bonchev–Trinajstić information content (AvgIpc) is 2.67. The Bertz CT molecular complexity index is 814. The molecule has 0 radical (unpaired) electrons. The lowest BCUT2D eigenvalue weighted by Gasteiger charge is -2.24. The van der Waals surface area contributed by atoms with E-state index in [2.05, 4.69) is 10.6 Å². The number of rotatable bonds is 7. The number of carbonyl (C=O) groups excluding carboxylic acids is 3. The summed E-state index contributed by atoms with van der Waals surface area (Å²) in [5.74, 6) is -0.267. The number of hydrogen-bond acceptors (Lipinski definition) is 4. The molecule has 0 saturated carbocycles. The Labute approximate surface area is 159 Å². The lowest BCUT2D eigenvalue weighted by atomic mass is 10.1. The zero-order chi connectivity index (χ0) is 20.0. The molecule has 2 amide bonds. The van der Waals surface area contributed by atoms with E-state index < -0.39 is 0 Å². The van der Waals surface area contributed by atoms with Crippen LogP contribution < -0.4 is 10.6 Å².